The fraction of sp³-hybridized carbons (Fsp3) is 0.316. The van der Waals surface area contributed by atoms with Crippen LogP contribution in [0.3, 0.4) is 0 Å². The summed E-state index contributed by atoms with van der Waals surface area (Å²) >= 11 is 0. The van der Waals surface area contributed by atoms with Crippen LogP contribution in [-0.2, 0) is 0 Å². The molecule has 0 amide bonds. The van der Waals surface area contributed by atoms with Crippen LogP contribution in [0.25, 0.3) is 0 Å². The molecule has 2 aromatic rings. The van der Waals surface area contributed by atoms with Crippen LogP contribution < -0.4 is 14.2 Å². The van der Waals surface area contributed by atoms with E-state index in [-0.39, 0.29) is 0 Å². The zero-order chi connectivity index (χ0) is 16.7. The van der Waals surface area contributed by atoms with Crippen molar-refractivity contribution in [1.82, 2.24) is 0 Å². The van der Waals surface area contributed by atoms with Crippen LogP contribution in [0.15, 0.2) is 48.5 Å². The quantitative estimate of drug-likeness (QED) is 0.563. The molecule has 0 aliphatic rings. The first kappa shape index (κ1) is 16.9. The summed E-state index contributed by atoms with van der Waals surface area (Å²) in [6.45, 7) is 4.98. The molecule has 0 aromatic heterocycles. The SMILES string of the molecule is COc1ccccc1OC(=O)c1ccc(OCCC(C)C)cc1. The van der Waals surface area contributed by atoms with Gasteiger partial charge in [0.25, 0.3) is 0 Å². The Hall–Kier alpha value is -2.49. The Morgan fingerprint density at radius 2 is 1.65 bits per heavy atom. The predicted octanol–water partition coefficient (Wildman–Crippen LogP) is 4.34. The van der Waals surface area contributed by atoms with E-state index in [1.54, 1.807) is 42.5 Å². The molecule has 0 saturated heterocycles. The highest BCUT2D eigenvalue weighted by Crippen LogP contribution is 2.26. The molecule has 4 heteroatoms. The number of methoxy groups -OCH3 is 1. The highest BCUT2D eigenvalue weighted by Gasteiger charge is 2.12. The maximum absolute atomic E-state index is 12.2. The summed E-state index contributed by atoms with van der Waals surface area (Å²) in [7, 11) is 1.54. The summed E-state index contributed by atoms with van der Waals surface area (Å²) in [6, 6.07) is 14.0. The maximum atomic E-state index is 12.2. The van der Waals surface area contributed by atoms with Gasteiger partial charge in [-0.25, -0.2) is 4.79 Å². The molecule has 0 heterocycles. The Labute approximate surface area is 137 Å². The van der Waals surface area contributed by atoms with Crippen molar-refractivity contribution >= 4 is 5.97 Å². The van der Waals surface area contributed by atoms with E-state index in [9.17, 15) is 4.79 Å². The molecule has 2 aromatic carbocycles. The van der Waals surface area contributed by atoms with Crippen LogP contribution in [0.5, 0.6) is 17.2 Å². The summed E-state index contributed by atoms with van der Waals surface area (Å²) in [4.78, 5) is 12.2. The zero-order valence-corrected chi connectivity index (χ0v) is 13.7. The van der Waals surface area contributed by atoms with Gasteiger partial charge in [0, 0.05) is 0 Å². The summed E-state index contributed by atoms with van der Waals surface area (Å²) < 4.78 is 16.2. The topological polar surface area (TPSA) is 44.8 Å². The fourth-order valence-corrected chi connectivity index (χ4v) is 1.96. The molecular weight excluding hydrogens is 292 g/mol. The van der Waals surface area contributed by atoms with Crippen molar-refractivity contribution in [2.45, 2.75) is 20.3 Å². The van der Waals surface area contributed by atoms with Crippen LogP contribution in [0.1, 0.15) is 30.6 Å². The molecule has 0 N–H and O–H groups in total. The van der Waals surface area contributed by atoms with Crippen molar-refractivity contribution < 1.29 is 19.0 Å². The molecular formula is C19H22O4. The smallest absolute Gasteiger partial charge is 0.343 e. The van der Waals surface area contributed by atoms with Gasteiger partial charge in [-0.05, 0) is 48.7 Å². The predicted molar refractivity (Wildman–Crippen MR) is 89.3 cm³/mol. The normalized spacial score (nSPS) is 10.4. The Kier molecular flexibility index (Phi) is 6.03. The molecule has 2 rings (SSSR count). The molecule has 122 valence electrons. The number of hydrogen-bond acceptors (Lipinski definition) is 4. The summed E-state index contributed by atoms with van der Waals surface area (Å²) in [5.41, 5.74) is 0.465. The Balaban J connectivity index is 1.97. The van der Waals surface area contributed by atoms with Gasteiger partial charge in [0.15, 0.2) is 11.5 Å². The Morgan fingerprint density at radius 3 is 2.26 bits per heavy atom. The van der Waals surface area contributed by atoms with E-state index < -0.39 is 5.97 Å². The number of ether oxygens (including phenoxy) is 3. The zero-order valence-electron chi connectivity index (χ0n) is 13.7. The molecule has 23 heavy (non-hydrogen) atoms. The number of benzene rings is 2. The van der Waals surface area contributed by atoms with E-state index in [2.05, 4.69) is 13.8 Å². The molecule has 0 spiro atoms. The molecule has 0 bridgehead atoms. The first-order valence-corrected chi connectivity index (χ1v) is 7.68. The van der Waals surface area contributed by atoms with Gasteiger partial charge in [0.1, 0.15) is 5.75 Å². The fourth-order valence-electron chi connectivity index (χ4n) is 1.96. The Bertz CT molecular complexity index is 632. The molecule has 0 aliphatic carbocycles. The summed E-state index contributed by atoms with van der Waals surface area (Å²) in [6.07, 6.45) is 0.998. The minimum atomic E-state index is -0.428. The van der Waals surface area contributed by atoms with E-state index in [4.69, 9.17) is 14.2 Å². The highest BCUT2D eigenvalue weighted by molar-refractivity contribution is 5.91. The van der Waals surface area contributed by atoms with E-state index in [0.717, 1.165) is 12.2 Å². The average molecular weight is 314 g/mol. The maximum Gasteiger partial charge on any atom is 0.343 e. The molecule has 0 unspecified atom stereocenters. The van der Waals surface area contributed by atoms with Crippen LogP contribution >= 0.6 is 0 Å². The number of hydrogen-bond donors (Lipinski definition) is 0. The second kappa shape index (κ2) is 8.22. The largest absolute Gasteiger partial charge is 0.494 e. The average Bonchev–Trinajstić information content (AvgIpc) is 2.55. The number of para-hydroxylation sites is 2. The van der Waals surface area contributed by atoms with Gasteiger partial charge < -0.3 is 14.2 Å². The van der Waals surface area contributed by atoms with E-state index in [0.29, 0.717) is 29.6 Å². The van der Waals surface area contributed by atoms with Crippen LogP contribution in [0.2, 0.25) is 0 Å². The third-order valence-corrected chi connectivity index (χ3v) is 3.33. The molecule has 0 aliphatic heterocycles. The van der Waals surface area contributed by atoms with Gasteiger partial charge >= 0.3 is 5.97 Å². The third kappa shape index (κ3) is 5.02. The van der Waals surface area contributed by atoms with Crippen LogP contribution in [0, 0.1) is 5.92 Å². The number of carbonyl (C=O) groups excluding carboxylic acids is 1. The lowest BCUT2D eigenvalue weighted by Crippen LogP contribution is -2.09. The molecule has 0 radical (unpaired) electrons. The lowest BCUT2D eigenvalue weighted by atomic mass is 10.1. The highest BCUT2D eigenvalue weighted by atomic mass is 16.6. The van der Waals surface area contributed by atoms with Gasteiger partial charge in [-0.15, -0.1) is 0 Å². The molecule has 0 fully saturated rings. The van der Waals surface area contributed by atoms with Crippen LogP contribution in [0.4, 0.5) is 0 Å². The Morgan fingerprint density at radius 1 is 1.00 bits per heavy atom. The van der Waals surface area contributed by atoms with E-state index >= 15 is 0 Å². The van der Waals surface area contributed by atoms with E-state index in [1.165, 1.54) is 7.11 Å². The second-order valence-corrected chi connectivity index (χ2v) is 5.60. The summed E-state index contributed by atoms with van der Waals surface area (Å²) in [5, 5.41) is 0. The minimum Gasteiger partial charge on any atom is -0.494 e. The number of rotatable bonds is 7. The van der Waals surface area contributed by atoms with Crippen molar-refractivity contribution in [3.63, 3.8) is 0 Å². The van der Waals surface area contributed by atoms with Crippen molar-refractivity contribution in [1.29, 1.82) is 0 Å². The van der Waals surface area contributed by atoms with Crippen molar-refractivity contribution in [2.24, 2.45) is 5.92 Å². The first-order valence-electron chi connectivity index (χ1n) is 7.68. The molecule has 0 saturated carbocycles. The third-order valence-electron chi connectivity index (χ3n) is 3.33. The van der Waals surface area contributed by atoms with E-state index in [1.807, 2.05) is 6.07 Å². The van der Waals surface area contributed by atoms with Crippen molar-refractivity contribution in [2.75, 3.05) is 13.7 Å². The van der Waals surface area contributed by atoms with Gasteiger partial charge in [-0.2, -0.15) is 0 Å². The second-order valence-electron chi connectivity index (χ2n) is 5.60. The number of carbonyl (C=O) groups is 1. The lowest BCUT2D eigenvalue weighted by Gasteiger charge is -2.10. The molecule has 4 nitrogen and oxygen atoms in total. The number of esters is 1. The van der Waals surface area contributed by atoms with Gasteiger partial charge in [-0.3, -0.25) is 0 Å². The molecule has 0 atom stereocenters. The first-order chi connectivity index (χ1) is 11.1. The standard InChI is InChI=1S/C19H22O4/c1-14(2)12-13-22-16-10-8-15(9-11-16)19(20)23-18-7-5-4-6-17(18)21-3/h4-11,14H,12-13H2,1-3H3. The van der Waals surface area contributed by atoms with Gasteiger partial charge in [-0.1, -0.05) is 26.0 Å². The van der Waals surface area contributed by atoms with Crippen molar-refractivity contribution in [3.8, 4) is 17.2 Å². The van der Waals surface area contributed by atoms with Gasteiger partial charge in [0.2, 0.25) is 0 Å². The van der Waals surface area contributed by atoms with Crippen LogP contribution in [-0.4, -0.2) is 19.7 Å². The summed E-state index contributed by atoms with van der Waals surface area (Å²) in [5.74, 6) is 1.85. The monoisotopic (exact) mass is 314 g/mol. The minimum absolute atomic E-state index is 0.400. The van der Waals surface area contributed by atoms with Crippen molar-refractivity contribution in [3.05, 3.63) is 54.1 Å². The lowest BCUT2D eigenvalue weighted by molar-refractivity contribution is 0.0729. The van der Waals surface area contributed by atoms with Gasteiger partial charge in [0.05, 0.1) is 19.3 Å².